The van der Waals surface area contributed by atoms with Crippen LogP contribution in [-0.4, -0.2) is 59.1 Å². The standard InChI is InChI=1S/C40H47N5O3/c1-5-7-8-9-20-43-21-23-44(24-22-43)39-19-14-33(27-40(39)48-6-2)13-18-38-31(4)26-35(29-42-38)34-25-30(3)37(41-28-34)17-12-32-10-15-36(16-11-32)45(46)47/h10-19,25-29H,5-9,20-24H2,1-4H3/b17-12+,18-13+. The van der Waals surface area contributed by atoms with Gasteiger partial charge in [0.1, 0.15) is 5.75 Å². The van der Waals surface area contributed by atoms with Crippen molar-refractivity contribution in [3.63, 3.8) is 0 Å². The minimum atomic E-state index is -0.396. The maximum absolute atomic E-state index is 10.9. The van der Waals surface area contributed by atoms with Gasteiger partial charge < -0.3 is 9.64 Å². The maximum Gasteiger partial charge on any atom is 0.269 e. The number of aromatic nitrogens is 2. The number of nitro groups is 1. The Morgan fingerprint density at radius 3 is 1.94 bits per heavy atom. The number of anilines is 1. The van der Waals surface area contributed by atoms with E-state index in [0.29, 0.717) is 6.61 Å². The van der Waals surface area contributed by atoms with Gasteiger partial charge in [0.05, 0.1) is 28.6 Å². The third kappa shape index (κ3) is 9.16. The summed E-state index contributed by atoms with van der Waals surface area (Å²) in [6, 6.07) is 17.2. The molecule has 48 heavy (non-hydrogen) atoms. The van der Waals surface area contributed by atoms with E-state index in [0.717, 1.165) is 76.7 Å². The summed E-state index contributed by atoms with van der Waals surface area (Å²) in [4.78, 5) is 25.0. The highest BCUT2D eigenvalue weighted by atomic mass is 16.6. The van der Waals surface area contributed by atoms with Crippen molar-refractivity contribution in [2.45, 2.75) is 53.4 Å². The van der Waals surface area contributed by atoms with Gasteiger partial charge in [-0.1, -0.05) is 44.4 Å². The molecule has 1 aliphatic heterocycles. The molecule has 0 aliphatic carbocycles. The summed E-state index contributed by atoms with van der Waals surface area (Å²) in [5.41, 5.74) is 9.10. The molecule has 0 unspecified atom stereocenters. The van der Waals surface area contributed by atoms with Crippen LogP contribution in [0.25, 0.3) is 35.4 Å². The average molecular weight is 646 g/mol. The van der Waals surface area contributed by atoms with Gasteiger partial charge in [-0.2, -0.15) is 0 Å². The van der Waals surface area contributed by atoms with Crippen LogP contribution in [-0.2, 0) is 0 Å². The first-order valence-corrected chi connectivity index (χ1v) is 17.1. The third-order valence-electron chi connectivity index (χ3n) is 8.87. The summed E-state index contributed by atoms with van der Waals surface area (Å²) in [6.45, 7) is 14.5. The van der Waals surface area contributed by atoms with Gasteiger partial charge in [-0.15, -0.1) is 0 Å². The molecule has 0 bridgehead atoms. The predicted molar refractivity (Wildman–Crippen MR) is 198 cm³/mol. The van der Waals surface area contributed by atoms with E-state index in [2.05, 4.69) is 71.1 Å². The molecule has 250 valence electrons. The lowest BCUT2D eigenvalue weighted by Gasteiger charge is -2.36. The van der Waals surface area contributed by atoms with E-state index in [1.165, 1.54) is 50.0 Å². The normalized spacial score (nSPS) is 13.9. The molecule has 0 atom stereocenters. The van der Waals surface area contributed by atoms with Gasteiger partial charge in [-0.25, -0.2) is 0 Å². The van der Waals surface area contributed by atoms with Crippen molar-refractivity contribution in [1.29, 1.82) is 0 Å². The van der Waals surface area contributed by atoms with Crippen LogP contribution in [0.5, 0.6) is 5.75 Å². The number of unbranched alkanes of at least 4 members (excludes halogenated alkanes) is 3. The van der Waals surface area contributed by atoms with Gasteiger partial charge in [0.25, 0.3) is 5.69 Å². The number of piperazine rings is 1. The van der Waals surface area contributed by atoms with Crippen LogP contribution >= 0.6 is 0 Å². The van der Waals surface area contributed by atoms with Crippen molar-refractivity contribution in [2.24, 2.45) is 0 Å². The van der Waals surface area contributed by atoms with Crippen LogP contribution in [0, 0.1) is 24.0 Å². The van der Waals surface area contributed by atoms with Gasteiger partial charge in [-0.05, 0) is 105 Å². The van der Waals surface area contributed by atoms with Crippen LogP contribution in [0.3, 0.4) is 0 Å². The van der Waals surface area contributed by atoms with Crippen LogP contribution in [0.15, 0.2) is 67.0 Å². The molecule has 5 rings (SSSR count). The van der Waals surface area contributed by atoms with E-state index in [-0.39, 0.29) is 5.69 Å². The van der Waals surface area contributed by atoms with Gasteiger partial charge in [0, 0.05) is 61.8 Å². The van der Waals surface area contributed by atoms with Crippen molar-refractivity contribution in [2.75, 3.05) is 44.2 Å². The topological polar surface area (TPSA) is 84.6 Å². The fraction of sp³-hybridized carbons (Fsp3) is 0.350. The number of rotatable bonds is 14. The fourth-order valence-corrected chi connectivity index (χ4v) is 6.03. The molecule has 8 nitrogen and oxygen atoms in total. The molecule has 0 radical (unpaired) electrons. The van der Waals surface area contributed by atoms with Crippen LogP contribution in [0.4, 0.5) is 11.4 Å². The second-order valence-corrected chi connectivity index (χ2v) is 12.4. The molecule has 2 aromatic carbocycles. The molecule has 2 aromatic heterocycles. The summed E-state index contributed by atoms with van der Waals surface area (Å²) < 4.78 is 6.12. The molecule has 8 heteroatoms. The molecule has 0 spiro atoms. The molecule has 1 fully saturated rings. The lowest BCUT2D eigenvalue weighted by Crippen LogP contribution is -2.46. The van der Waals surface area contributed by atoms with Crippen LogP contribution < -0.4 is 9.64 Å². The molecular weight excluding hydrogens is 598 g/mol. The average Bonchev–Trinajstić information content (AvgIpc) is 3.10. The smallest absolute Gasteiger partial charge is 0.269 e. The van der Waals surface area contributed by atoms with E-state index in [1.807, 2.05) is 38.4 Å². The molecule has 0 amide bonds. The van der Waals surface area contributed by atoms with Crippen molar-refractivity contribution in [1.82, 2.24) is 14.9 Å². The number of pyridine rings is 2. The molecular formula is C40H47N5O3. The molecule has 0 saturated carbocycles. The first-order chi connectivity index (χ1) is 23.3. The Balaban J connectivity index is 1.22. The van der Waals surface area contributed by atoms with Crippen molar-refractivity contribution in [3.05, 3.63) is 111 Å². The quantitative estimate of drug-likeness (QED) is 0.0768. The first-order valence-electron chi connectivity index (χ1n) is 17.1. The van der Waals surface area contributed by atoms with Gasteiger partial charge in [0.2, 0.25) is 0 Å². The minimum Gasteiger partial charge on any atom is -0.492 e. The number of non-ortho nitro benzene ring substituents is 1. The lowest BCUT2D eigenvalue weighted by atomic mass is 10.0. The van der Waals surface area contributed by atoms with Crippen molar-refractivity contribution in [3.8, 4) is 16.9 Å². The number of nitro benzene ring substituents is 1. The first kappa shape index (κ1) is 34.5. The zero-order valence-electron chi connectivity index (χ0n) is 28.7. The monoisotopic (exact) mass is 645 g/mol. The Bertz CT molecular complexity index is 1740. The number of benzene rings is 2. The second kappa shape index (κ2) is 16.8. The molecule has 3 heterocycles. The van der Waals surface area contributed by atoms with Gasteiger partial charge in [0.15, 0.2) is 0 Å². The SMILES string of the molecule is CCCCCCN1CCN(c2ccc(/C=C/c3ncc(-c4cnc(/C=C/c5ccc([N+](=O)[O-])cc5)c(C)c4)cc3C)cc2OCC)CC1. The number of ether oxygens (including phenoxy) is 1. The molecule has 1 saturated heterocycles. The van der Waals surface area contributed by atoms with E-state index < -0.39 is 4.92 Å². The van der Waals surface area contributed by atoms with Crippen LogP contribution in [0.1, 0.15) is 73.2 Å². The highest BCUT2D eigenvalue weighted by molar-refractivity contribution is 5.75. The zero-order valence-corrected chi connectivity index (χ0v) is 28.7. The van der Waals surface area contributed by atoms with Gasteiger partial charge in [-0.3, -0.25) is 25.0 Å². The predicted octanol–water partition coefficient (Wildman–Crippen LogP) is 9.11. The highest BCUT2D eigenvalue weighted by Gasteiger charge is 2.20. The molecule has 1 aliphatic rings. The Morgan fingerprint density at radius 2 is 1.38 bits per heavy atom. The lowest BCUT2D eigenvalue weighted by molar-refractivity contribution is -0.384. The number of aryl methyl sites for hydroxylation is 2. The fourth-order valence-electron chi connectivity index (χ4n) is 6.03. The highest BCUT2D eigenvalue weighted by Crippen LogP contribution is 2.32. The molecule has 0 N–H and O–H groups in total. The van der Waals surface area contributed by atoms with E-state index in [9.17, 15) is 10.1 Å². The molecule has 4 aromatic rings. The van der Waals surface area contributed by atoms with Crippen molar-refractivity contribution >= 4 is 35.7 Å². The third-order valence-corrected chi connectivity index (χ3v) is 8.87. The van der Waals surface area contributed by atoms with E-state index >= 15 is 0 Å². The van der Waals surface area contributed by atoms with Crippen LogP contribution in [0.2, 0.25) is 0 Å². The number of hydrogen-bond acceptors (Lipinski definition) is 7. The Labute approximate surface area is 285 Å². The van der Waals surface area contributed by atoms with E-state index in [1.54, 1.807) is 12.1 Å². The maximum atomic E-state index is 10.9. The number of hydrogen-bond donors (Lipinski definition) is 0. The Hall–Kier alpha value is -4.82. The second-order valence-electron chi connectivity index (χ2n) is 12.4. The number of nitrogens with zero attached hydrogens (tertiary/aromatic N) is 5. The summed E-state index contributed by atoms with van der Waals surface area (Å²) in [6.07, 6.45) is 17.0. The van der Waals surface area contributed by atoms with Gasteiger partial charge >= 0.3 is 0 Å². The summed E-state index contributed by atoms with van der Waals surface area (Å²) in [5.74, 6) is 0.935. The largest absolute Gasteiger partial charge is 0.492 e. The van der Waals surface area contributed by atoms with Crippen molar-refractivity contribution < 1.29 is 9.66 Å². The zero-order chi connectivity index (χ0) is 33.9. The minimum absolute atomic E-state index is 0.0775. The summed E-state index contributed by atoms with van der Waals surface area (Å²) in [7, 11) is 0. The Morgan fingerprint density at radius 1 is 0.771 bits per heavy atom. The Kier molecular flexibility index (Phi) is 12.1. The summed E-state index contributed by atoms with van der Waals surface area (Å²) in [5, 5.41) is 10.9. The summed E-state index contributed by atoms with van der Waals surface area (Å²) >= 11 is 0. The van der Waals surface area contributed by atoms with E-state index in [4.69, 9.17) is 9.72 Å².